The third kappa shape index (κ3) is 6.46. The van der Waals surface area contributed by atoms with E-state index in [0.29, 0.717) is 12.1 Å². The molecule has 1 aromatic carbocycles. The number of aromatic nitrogens is 2. The number of ether oxygens (including phenoxy) is 1. The highest BCUT2D eigenvalue weighted by Gasteiger charge is 2.18. The summed E-state index contributed by atoms with van der Waals surface area (Å²) in [7, 11) is 0. The first kappa shape index (κ1) is 22.2. The van der Waals surface area contributed by atoms with Crippen molar-refractivity contribution in [3.05, 3.63) is 74.9 Å². The third-order valence-electron chi connectivity index (χ3n) is 3.74. The largest absolute Gasteiger partial charge is 0.494 e. The van der Waals surface area contributed by atoms with Crippen molar-refractivity contribution in [1.29, 1.82) is 0 Å². The van der Waals surface area contributed by atoms with Gasteiger partial charge in [-0.3, -0.25) is 19.7 Å². The monoisotopic (exact) mass is 415 g/mol. The van der Waals surface area contributed by atoms with E-state index in [1.165, 1.54) is 10.6 Å². The van der Waals surface area contributed by atoms with Gasteiger partial charge in [-0.05, 0) is 44.6 Å². The zero-order chi connectivity index (χ0) is 21.6. The zero-order valence-electron chi connectivity index (χ0n) is 16.7. The number of hydrogen-bond acceptors (Lipinski definition) is 5. The quantitative estimate of drug-likeness (QED) is 0.491. The molecule has 0 fully saturated rings. The molecule has 1 heterocycles. The first-order valence-electron chi connectivity index (χ1n) is 9.02. The number of carbonyl (C=O) groups is 1. The first-order chi connectivity index (χ1) is 13.6. The third-order valence-corrected chi connectivity index (χ3v) is 4.06. The molecule has 7 nitrogen and oxygen atoms in total. The van der Waals surface area contributed by atoms with E-state index in [1.54, 1.807) is 26.8 Å². The van der Waals surface area contributed by atoms with Gasteiger partial charge in [0.15, 0.2) is 4.77 Å². The Balaban J connectivity index is 2.50. The summed E-state index contributed by atoms with van der Waals surface area (Å²) in [5.41, 5.74) is 0.0170. The fourth-order valence-corrected chi connectivity index (χ4v) is 2.81. The smallest absolute Gasteiger partial charge is 0.411 e. The molecule has 8 heteroatoms. The summed E-state index contributed by atoms with van der Waals surface area (Å²) in [6, 6.07) is 9.40. The highest BCUT2D eigenvalue weighted by Crippen LogP contribution is 2.18. The molecule has 1 amide bonds. The summed E-state index contributed by atoms with van der Waals surface area (Å²) < 4.78 is 6.73. The minimum atomic E-state index is -0.682. The Bertz CT molecular complexity index is 1030. The van der Waals surface area contributed by atoms with Gasteiger partial charge in [-0.25, -0.2) is 4.79 Å². The number of carbonyl (C=O) groups excluding carboxylic acids is 1. The number of nitrogens with one attached hydrogen (secondary N) is 2. The van der Waals surface area contributed by atoms with Crippen LogP contribution in [0.4, 0.5) is 4.79 Å². The molecule has 0 atom stereocenters. The molecule has 0 radical (unpaired) electrons. The second kappa shape index (κ2) is 9.38. The second-order valence-electron chi connectivity index (χ2n) is 7.35. The van der Waals surface area contributed by atoms with Crippen molar-refractivity contribution < 1.29 is 14.6 Å². The van der Waals surface area contributed by atoms with Crippen molar-refractivity contribution in [2.24, 2.45) is 0 Å². The molecule has 154 valence electrons. The maximum absolute atomic E-state index is 12.4. The molecule has 0 bridgehead atoms. The van der Waals surface area contributed by atoms with Gasteiger partial charge in [0.2, 0.25) is 5.88 Å². The summed E-state index contributed by atoms with van der Waals surface area (Å²) in [4.78, 5) is 27.2. The van der Waals surface area contributed by atoms with Gasteiger partial charge in [-0.15, -0.1) is 6.58 Å². The number of allylic oxidation sites excluding steroid dienone is 2. The van der Waals surface area contributed by atoms with Gasteiger partial charge in [0.25, 0.3) is 5.56 Å². The topological polar surface area (TPSA) is 96.3 Å². The molecule has 0 saturated heterocycles. The minimum Gasteiger partial charge on any atom is -0.494 e. The lowest BCUT2D eigenvalue weighted by Crippen LogP contribution is -2.32. The van der Waals surface area contributed by atoms with Crippen LogP contribution in [0.2, 0.25) is 0 Å². The van der Waals surface area contributed by atoms with Gasteiger partial charge in [0.05, 0.1) is 0 Å². The molecule has 2 aromatic rings. The van der Waals surface area contributed by atoms with Gasteiger partial charge in [-0.1, -0.05) is 36.4 Å². The van der Waals surface area contributed by atoms with Crippen LogP contribution in [0.15, 0.2) is 53.5 Å². The van der Waals surface area contributed by atoms with E-state index < -0.39 is 17.3 Å². The predicted octanol–water partition coefficient (Wildman–Crippen LogP) is 3.91. The van der Waals surface area contributed by atoms with Crippen molar-refractivity contribution in [3.8, 4) is 5.88 Å². The van der Waals surface area contributed by atoms with Crippen LogP contribution in [0.5, 0.6) is 5.88 Å². The number of H-pyrrole nitrogens is 1. The highest BCUT2D eigenvalue weighted by atomic mass is 32.1. The minimum absolute atomic E-state index is 0.0255. The standard InChI is InChI=1S/C21H25N3O4S/c1-5-11-24-18(26)16(17(25)23-19(24)29)13-15(12-14-9-7-6-8-10-14)22-20(27)28-21(2,3)4/h5-10,13,26H,1,11-12H2,2-4H3,(H,22,27)(H,23,25,29). The second-order valence-corrected chi connectivity index (χ2v) is 7.74. The molecule has 0 aliphatic rings. The fraction of sp³-hybridized carbons (Fsp3) is 0.286. The Hall–Kier alpha value is -3.13. The lowest BCUT2D eigenvalue weighted by atomic mass is 10.1. The highest BCUT2D eigenvalue weighted by molar-refractivity contribution is 7.71. The van der Waals surface area contributed by atoms with Gasteiger partial charge < -0.3 is 9.84 Å². The Morgan fingerprint density at radius 2 is 2.00 bits per heavy atom. The average Bonchev–Trinajstić information content (AvgIpc) is 2.61. The van der Waals surface area contributed by atoms with E-state index >= 15 is 0 Å². The molecular weight excluding hydrogens is 390 g/mol. The van der Waals surface area contributed by atoms with Gasteiger partial charge in [0, 0.05) is 18.7 Å². The number of alkyl carbamates (subject to hydrolysis) is 1. The average molecular weight is 416 g/mol. The maximum atomic E-state index is 12.4. The molecule has 0 spiro atoms. The number of rotatable bonds is 6. The molecule has 1 aromatic heterocycles. The lowest BCUT2D eigenvalue weighted by molar-refractivity contribution is 0.0545. The molecule has 29 heavy (non-hydrogen) atoms. The number of aromatic hydroxyl groups is 1. The Labute approximate surface area is 174 Å². The van der Waals surface area contributed by atoms with Crippen LogP contribution in [-0.2, 0) is 17.7 Å². The number of benzene rings is 1. The van der Waals surface area contributed by atoms with Crippen molar-refractivity contribution in [3.63, 3.8) is 0 Å². The van der Waals surface area contributed by atoms with Gasteiger partial charge in [-0.2, -0.15) is 0 Å². The summed E-state index contributed by atoms with van der Waals surface area (Å²) in [5.74, 6) is -0.310. The van der Waals surface area contributed by atoms with Crippen molar-refractivity contribution in [1.82, 2.24) is 14.9 Å². The molecule has 3 N–H and O–H groups in total. The van der Waals surface area contributed by atoms with Crippen molar-refractivity contribution in [2.45, 2.75) is 39.3 Å². The van der Waals surface area contributed by atoms with Crippen LogP contribution in [0.25, 0.3) is 6.08 Å². The van der Waals surface area contributed by atoms with Crippen LogP contribution < -0.4 is 10.9 Å². The number of amides is 1. The molecule has 0 saturated carbocycles. The maximum Gasteiger partial charge on any atom is 0.411 e. The van der Waals surface area contributed by atoms with E-state index in [-0.39, 0.29) is 22.8 Å². The SMILES string of the molecule is C=CCn1c(O)c(C=C(Cc2ccccc2)NC(=O)OC(C)(C)C)c(=O)[nH]c1=S. The summed E-state index contributed by atoms with van der Waals surface area (Å²) in [5, 5.41) is 13.2. The lowest BCUT2D eigenvalue weighted by Gasteiger charge is -2.20. The van der Waals surface area contributed by atoms with E-state index in [2.05, 4.69) is 16.9 Å². The molecule has 0 aliphatic carbocycles. The normalized spacial score (nSPS) is 11.8. The van der Waals surface area contributed by atoms with Crippen molar-refractivity contribution >= 4 is 24.4 Å². The summed E-state index contributed by atoms with van der Waals surface area (Å²) in [6.07, 6.45) is 2.62. The first-order valence-corrected chi connectivity index (χ1v) is 9.43. The molecule has 2 rings (SSSR count). The van der Waals surface area contributed by atoms with Crippen LogP contribution in [0, 0.1) is 4.77 Å². The molecule has 0 aliphatic heterocycles. The van der Waals surface area contributed by atoms with Gasteiger partial charge in [0.1, 0.15) is 11.2 Å². The summed E-state index contributed by atoms with van der Waals surface area (Å²) in [6.45, 7) is 9.10. The fourth-order valence-electron chi connectivity index (χ4n) is 2.56. The Morgan fingerprint density at radius 1 is 1.34 bits per heavy atom. The van der Waals surface area contributed by atoms with Crippen LogP contribution in [-0.4, -0.2) is 26.4 Å². The zero-order valence-corrected chi connectivity index (χ0v) is 17.5. The van der Waals surface area contributed by atoms with E-state index in [1.807, 2.05) is 30.3 Å². The van der Waals surface area contributed by atoms with E-state index in [4.69, 9.17) is 17.0 Å². The molecule has 0 unspecified atom stereocenters. The number of nitrogens with zero attached hydrogens (tertiary/aromatic N) is 1. The Morgan fingerprint density at radius 3 is 2.59 bits per heavy atom. The molecular formula is C21H25N3O4S. The van der Waals surface area contributed by atoms with E-state index in [9.17, 15) is 14.7 Å². The van der Waals surface area contributed by atoms with Gasteiger partial charge >= 0.3 is 6.09 Å². The Kier molecular flexibility index (Phi) is 7.17. The van der Waals surface area contributed by atoms with E-state index in [0.717, 1.165) is 5.56 Å². The van der Waals surface area contributed by atoms with Crippen LogP contribution in [0.1, 0.15) is 31.9 Å². The van der Waals surface area contributed by atoms with Crippen LogP contribution in [0.3, 0.4) is 0 Å². The van der Waals surface area contributed by atoms with Crippen LogP contribution >= 0.6 is 12.2 Å². The summed E-state index contributed by atoms with van der Waals surface area (Å²) >= 11 is 5.09. The van der Waals surface area contributed by atoms with Crippen molar-refractivity contribution in [2.75, 3.05) is 0 Å². The number of hydrogen-bond donors (Lipinski definition) is 3. The number of aromatic amines is 1. The predicted molar refractivity (Wildman–Crippen MR) is 115 cm³/mol.